The summed E-state index contributed by atoms with van der Waals surface area (Å²) in [4.78, 5) is 1.11. The minimum absolute atomic E-state index is 0.255. The van der Waals surface area contributed by atoms with Gasteiger partial charge in [0.05, 0.1) is 12.0 Å². The number of rotatable bonds is 4. The lowest BCUT2D eigenvalue weighted by molar-refractivity contribution is 0.318. The average Bonchev–Trinajstić information content (AvgIpc) is 3.23. The van der Waals surface area contributed by atoms with Crippen LogP contribution < -0.4 is 4.74 Å². The Morgan fingerprint density at radius 2 is 2.04 bits per heavy atom. The maximum Gasteiger partial charge on any atom is 0.243 e. The molecule has 1 aliphatic heterocycles. The number of sulfonamides is 1. The van der Waals surface area contributed by atoms with E-state index >= 15 is 0 Å². The van der Waals surface area contributed by atoms with E-state index in [2.05, 4.69) is 15.3 Å². The van der Waals surface area contributed by atoms with Crippen LogP contribution in [0.5, 0.6) is 5.75 Å². The monoisotopic (exact) mass is 393 g/mol. The van der Waals surface area contributed by atoms with Gasteiger partial charge in [-0.15, -0.1) is 10.2 Å². The van der Waals surface area contributed by atoms with Crippen molar-refractivity contribution in [3.05, 3.63) is 35.1 Å². The molecule has 1 aliphatic rings. The summed E-state index contributed by atoms with van der Waals surface area (Å²) in [6.45, 7) is 2.76. The number of piperidine rings is 1. The van der Waals surface area contributed by atoms with Crippen LogP contribution in [0.2, 0.25) is 0 Å². The quantitative estimate of drug-likeness (QED) is 0.674. The summed E-state index contributed by atoms with van der Waals surface area (Å²) >= 11 is 1.52. The van der Waals surface area contributed by atoms with Gasteiger partial charge in [0, 0.05) is 19.0 Å². The molecule has 3 heterocycles. The molecule has 1 saturated heterocycles. The maximum absolute atomic E-state index is 13.0. The fraction of sp³-hybridized carbons (Fsp3) is 0.438. The van der Waals surface area contributed by atoms with Crippen molar-refractivity contribution >= 4 is 26.3 Å². The number of hydrogen-bond donors (Lipinski definition) is 0. The lowest BCUT2D eigenvalue weighted by Gasteiger charge is -2.30. The van der Waals surface area contributed by atoms with Gasteiger partial charge in [0.1, 0.15) is 17.1 Å². The van der Waals surface area contributed by atoms with E-state index in [0.29, 0.717) is 29.3 Å². The summed E-state index contributed by atoms with van der Waals surface area (Å²) in [7, 11) is -1.93. The predicted molar refractivity (Wildman–Crippen MR) is 97.1 cm³/mol. The molecule has 3 aromatic rings. The zero-order valence-electron chi connectivity index (χ0n) is 14.5. The van der Waals surface area contributed by atoms with Crippen LogP contribution in [0, 0.1) is 6.92 Å². The zero-order valence-corrected chi connectivity index (χ0v) is 16.1. The van der Waals surface area contributed by atoms with E-state index in [1.807, 2.05) is 0 Å². The summed E-state index contributed by atoms with van der Waals surface area (Å²) in [5.41, 5.74) is 0.695. The second-order valence-electron chi connectivity index (χ2n) is 6.31. The topological polar surface area (TPSA) is 89.7 Å². The minimum Gasteiger partial charge on any atom is -0.497 e. The number of aromatic nitrogens is 4. The first-order chi connectivity index (χ1) is 12.5. The van der Waals surface area contributed by atoms with Gasteiger partial charge in [-0.1, -0.05) is 11.3 Å². The Bertz CT molecular complexity index is 1010. The molecule has 0 unspecified atom stereocenters. The van der Waals surface area contributed by atoms with Crippen LogP contribution in [0.3, 0.4) is 0 Å². The SMILES string of the molecule is COc1ccc(S(=O)(=O)N2CCC(c3nn4cnnc4s3)CC2)c(C)c1. The summed E-state index contributed by atoms with van der Waals surface area (Å²) in [6.07, 6.45) is 3.08. The molecule has 0 aliphatic carbocycles. The van der Waals surface area contributed by atoms with Crippen LogP contribution in [0.25, 0.3) is 4.96 Å². The molecule has 1 aromatic carbocycles. The Balaban J connectivity index is 1.50. The average molecular weight is 393 g/mol. The van der Waals surface area contributed by atoms with Crippen molar-refractivity contribution in [2.45, 2.75) is 30.6 Å². The third-order valence-corrected chi connectivity index (χ3v) is 7.84. The highest BCUT2D eigenvalue weighted by molar-refractivity contribution is 7.89. The molecule has 0 N–H and O–H groups in total. The van der Waals surface area contributed by atoms with Crippen molar-refractivity contribution in [2.24, 2.45) is 0 Å². The third kappa shape index (κ3) is 2.97. The lowest BCUT2D eigenvalue weighted by atomic mass is 9.99. The molecule has 138 valence electrons. The van der Waals surface area contributed by atoms with E-state index in [1.54, 1.807) is 47.4 Å². The van der Waals surface area contributed by atoms with Crippen molar-refractivity contribution < 1.29 is 13.2 Å². The Morgan fingerprint density at radius 1 is 1.27 bits per heavy atom. The molecule has 8 nitrogen and oxygen atoms in total. The molecule has 26 heavy (non-hydrogen) atoms. The minimum atomic E-state index is -3.50. The van der Waals surface area contributed by atoms with Gasteiger partial charge in [0.25, 0.3) is 0 Å². The fourth-order valence-corrected chi connectivity index (χ4v) is 5.92. The van der Waals surface area contributed by atoms with Crippen LogP contribution >= 0.6 is 11.3 Å². The number of fused-ring (bicyclic) bond motifs is 1. The van der Waals surface area contributed by atoms with Gasteiger partial charge < -0.3 is 4.74 Å². The molecule has 10 heteroatoms. The summed E-state index contributed by atoms with van der Waals surface area (Å²) < 4.78 is 34.4. The highest BCUT2D eigenvalue weighted by Crippen LogP contribution is 2.33. The van der Waals surface area contributed by atoms with Gasteiger partial charge in [-0.3, -0.25) is 0 Å². The van der Waals surface area contributed by atoms with Gasteiger partial charge in [0.2, 0.25) is 15.0 Å². The van der Waals surface area contributed by atoms with Crippen LogP contribution in [0.1, 0.15) is 29.3 Å². The fourth-order valence-electron chi connectivity index (χ4n) is 3.26. The number of aryl methyl sites for hydroxylation is 1. The maximum atomic E-state index is 13.0. The highest BCUT2D eigenvalue weighted by Gasteiger charge is 2.32. The third-order valence-electron chi connectivity index (χ3n) is 4.71. The van der Waals surface area contributed by atoms with Crippen LogP contribution in [-0.4, -0.2) is 52.7 Å². The summed E-state index contributed by atoms with van der Waals surface area (Å²) in [6, 6.07) is 5.06. The number of ether oxygens (including phenoxy) is 1. The van der Waals surface area contributed by atoms with Gasteiger partial charge in [-0.25, -0.2) is 8.42 Å². The molecular weight excluding hydrogens is 374 g/mol. The van der Waals surface area contributed by atoms with E-state index in [1.165, 1.54) is 11.3 Å². The van der Waals surface area contributed by atoms with Crippen molar-refractivity contribution in [1.82, 2.24) is 24.1 Å². The van der Waals surface area contributed by atoms with E-state index < -0.39 is 10.0 Å². The number of nitrogens with zero attached hydrogens (tertiary/aromatic N) is 5. The smallest absolute Gasteiger partial charge is 0.243 e. The molecule has 0 saturated carbocycles. The van der Waals surface area contributed by atoms with Crippen LogP contribution in [0.15, 0.2) is 29.4 Å². The number of benzene rings is 1. The molecule has 0 spiro atoms. The molecule has 2 aromatic heterocycles. The molecule has 0 bridgehead atoms. The lowest BCUT2D eigenvalue weighted by Crippen LogP contribution is -2.38. The van der Waals surface area contributed by atoms with E-state index in [9.17, 15) is 8.42 Å². The van der Waals surface area contributed by atoms with Crippen molar-refractivity contribution in [2.75, 3.05) is 20.2 Å². The summed E-state index contributed by atoms with van der Waals surface area (Å²) in [5, 5.41) is 13.3. The van der Waals surface area contributed by atoms with E-state index in [4.69, 9.17) is 4.74 Å². The van der Waals surface area contributed by atoms with Crippen LogP contribution in [0.4, 0.5) is 0 Å². The first-order valence-corrected chi connectivity index (χ1v) is 10.6. The number of methoxy groups -OCH3 is 1. The molecule has 4 rings (SSSR count). The Labute approximate surface area is 155 Å². The Hall–Kier alpha value is -2.04. The first kappa shape index (κ1) is 17.4. The molecular formula is C16H19N5O3S2. The molecule has 0 radical (unpaired) electrons. The molecule has 1 fully saturated rings. The van der Waals surface area contributed by atoms with Crippen molar-refractivity contribution in [1.29, 1.82) is 0 Å². The van der Waals surface area contributed by atoms with Crippen molar-refractivity contribution in [3.8, 4) is 5.75 Å². The first-order valence-electron chi connectivity index (χ1n) is 8.30. The van der Waals surface area contributed by atoms with Gasteiger partial charge in [0.15, 0.2) is 0 Å². The second-order valence-corrected chi connectivity index (χ2v) is 9.20. The zero-order chi connectivity index (χ0) is 18.3. The van der Waals surface area contributed by atoms with E-state index in [0.717, 1.165) is 22.8 Å². The Kier molecular flexibility index (Phi) is 4.41. The van der Waals surface area contributed by atoms with Crippen molar-refractivity contribution in [3.63, 3.8) is 0 Å². The molecule has 0 amide bonds. The largest absolute Gasteiger partial charge is 0.497 e. The van der Waals surface area contributed by atoms with E-state index in [-0.39, 0.29) is 5.92 Å². The van der Waals surface area contributed by atoms with Gasteiger partial charge in [-0.05, 0) is 43.5 Å². The Morgan fingerprint density at radius 3 is 2.69 bits per heavy atom. The van der Waals surface area contributed by atoms with Crippen LogP contribution in [-0.2, 0) is 10.0 Å². The van der Waals surface area contributed by atoms with Gasteiger partial charge >= 0.3 is 0 Å². The standard InChI is InChI=1S/C16H19N5O3S2/c1-11-9-13(24-2)3-4-14(11)26(22,23)20-7-5-12(6-8-20)15-19-21-10-17-18-16(21)25-15/h3-4,9-10,12H,5-8H2,1-2H3. The summed E-state index contributed by atoms with van der Waals surface area (Å²) in [5.74, 6) is 0.911. The normalized spacial score (nSPS) is 17.0. The number of hydrogen-bond acceptors (Lipinski definition) is 7. The highest BCUT2D eigenvalue weighted by atomic mass is 32.2. The molecule has 0 atom stereocenters. The second kappa shape index (κ2) is 6.60. The van der Waals surface area contributed by atoms with Gasteiger partial charge in [-0.2, -0.15) is 13.9 Å². The predicted octanol–water partition coefficient (Wildman–Crippen LogP) is 2.07.